The summed E-state index contributed by atoms with van der Waals surface area (Å²) in [5.41, 5.74) is 2.43. The molecule has 20 heavy (non-hydrogen) atoms. The average Bonchev–Trinajstić information content (AvgIpc) is 2.40. The number of anilines is 1. The van der Waals surface area contributed by atoms with Gasteiger partial charge in [-0.2, -0.15) is 0 Å². The van der Waals surface area contributed by atoms with Gasteiger partial charge >= 0.3 is 5.63 Å². The van der Waals surface area contributed by atoms with Crippen LogP contribution in [-0.2, 0) is 0 Å². The van der Waals surface area contributed by atoms with Gasteiger partial charge in [-0.05, 0) is 50.7 Å². The third-order valence-electron chi connectivity index (χ3n) is 3.06. The highest BCUT2D eigenvalue weighted by Gasteiger charge is 2.06. The number of nitrogens with zero attached hydrogens (tertiary/aromatic N) is 1. The smallest absolute Gasteiger partial charge is 0.336 e. The Balaban J connectivity index is 0.000000612. The van der Waals surface area contributed by atoms with Crippen LogP contribution in [0.1, 0.15) is 19.4 Å². The van der Waals surface area contributed by atoms with E-state index in [0.29, 0.717) is 5.58 Å². The highest BCUT2D eigenvalue weighted by Crippen LogP contribution is 2.23. The molecule has 0 saturated carbocycles. The molecule has 0 radical (unpaired) electrons. The zero-order valence-electron chi connectivity index (χ0n) is 11.9. The number of hydrogen-bond donors (Lipinski definition) is 1. The van der Waals surface area contributed by atoms with Gasteiger partial charge < -0.3 is 9.32 Å². The molecule has 0 amide bonds. The quantitative estimate of drug-likeness (QED) is 0.533. The molecule has 4 nitrogen and oxygen atoms in total. The van der Waals surface area contributed by atoms with Crippen LogP contribution in [0, 0.1) is 12.3 Å². The average molecular weight is 290 g/mol. The summed E-state index contributed by atoms with van der Waals surface area (Å²) in [6, 6.07) is 7.56. The molecular weight excluding hydrogens is 272 g/mol. The maximum absolute atomic E-state index is 11.3. The topological polar surface area (TPSA) is 57.3 Å². The molecule has 0 aliphatic rings. The van der Waals surface area contributed by atoms with Crippen molar-refractivity contribution in [3.63, 3.8) is 0 Å². The number of thiocarbonyl (C=S) groups is 1. The molecule has 1 aromatic heterocycles. The van der Waals surface area contributed by atoms with Crippen molar-refractivity contribution in [3.05, 3.63) is 40.2 Å². The van der Waals surface area contributed by atoms with E-state index in [1.54, 1.807) is 5.16 Å². The predicted molar refractivity (Wildman–Crippen MR) is 86.1 cm³/mol. The summed E-state index contributed by atoms with van der Waals surface area (Å²) in [5, 5.41) is 8.36. The number of nitrogens with one attached hydrogen (secondary N) is 1. The second kappa shape index (κ2) is 7.58. The molecule has 2 rings (SSSR count). The SMILES string of the molecule is CCN(CC)c1ccc2c(C)cc(=O)oc2c1.N=C=S. The lowest BCUT2D eigenvalue weighted by Gasteiger charge is -2.21. The van der Waals surface area contributed by atoms with E-state index < -0.39 is 0 Å². The van der Waals surface area contributed by atoms with Gasteiger partial charge in [-0.25, -0.2) is 10.2 Å². The van der Waals surface area contributed by atoms with Crippen LogP contribution < -0.4 is 10.5 Å². The summed E-state index contributed by atoms with van der Waals surface area (Å²) in [6.45, 7) is 8.03. The van der Waals surface area contributed by atoms with E-state index >= 15 is 0 Å². The van der Waals surface area contributed by atoms with Crippen molar-refractivity contribution in [2.24, 2.45) is 0 Å². The minimum Gasteiger partial charge on any atom is -0.423 e. The van der Waals surface area contributed by atoms with Crippen LogP contribution in [0.3, 0.4) is 0 Å². The van der Waals surface area contributed by atoms with E-state index in [2.05, 4.69) is 37.0 Å². The van der Waals surface area contributed by atoms with Crippen LogP contribution in [-0.4, -0.2) is 18.3 Å². The molecule has 0 fully saturated rings. The van der Waals surface area contributed by atoms with Gasteiger partial charge in [0, 0.05) is 36.3 Å². The first-order valence-electron chi connectivity index (χ1n) is 6.40. The highest BCUT2D eigenvalue weighted by molar-refractivity contribution is 7.78. The minimum absolute atomic E-state index is 0.285. The Morgan fingerprint density at radius 3 is 2.45 bits per heavy atom. The molecule has 0 bridgehead atoms. The maximum atomic E-state index is 11.3. The lowest BCUT2D eigenvalue weighted by Crippen LogP contribution is -2.21. The number of fused-ring (bicyclic) bond motifs is 1. The molecule has 0 atom stereocenters. The molecule has 0 spiro atoms. The van der Waals surface area contributed by atoms with Gasteiger partial charge in [-0.15, -0.1) is 0 Å². The Morgan fingerprint density at radius 1 is 1.30 bits per heavy atom. The lowest BCUT2D eigenvalue weighted by molar-refractivity contribution is 0.560. The van der Waals surface area contributed by atoms with Gasteiger partial charge in [0.2, 0.25) is 0 Å². The molecule has 1 N–H and O–H groups in total. The number of rotatable bonds is 3. The fourth-order valence-corrected chi connectivity index (χ4v) is 2.10. The standard InChI is InChI=1S/C14H17NO2.CHNS/c1-4-15(5-2)11-6-7-12-10(3)8-14(16)17-13(12)9-11;2-1-3/h6-9H,4-5H2,1-3H3;2H. The lowest BCUT2D eigenvalue weighted by atomic mass is 10.1. The molecule has 5 heteroatoms. The maximum Gasteiger partial charge on any atom is 0.336 e. The number of benzene rings is 1. The van der Waals surface area contributed by atoms with E-state index in [9.17, 15) is 4.79 Å². The second-order valence-electron chi connectivity index (χ2n) is 4.20. The first-order valence-corrected chi connectivity index (χ1v) is 6.81. The second-order valence-corrected chi connectivity index (χ2v) is 4.41. The number of hydrogen-bond acceptors (Lipinski definition) is 5. The van der Waals surface area contributed by atoms with Gasteiger partial charge in [0.15, 0.2) is 0 Å². The van der Waals surface area contributed by atoms with Gasteiger partial charge in [0.1, 0.15) is 5.58 Å². The van der Waals surface area contributed by atoms with E-state index in [1.165, 1.54) is 6.07 Å². The van der Waals surface area contributed by atoms with E-state index in [0.717, 1.165) is 29.7 Å². The summed E-state index contributed by atoms with van der Waals surface area (Å²) in [4.78, 5) is 13.6. The zero-order chi connectivity index (χ0) is 15.1. The van der Waals surface area contributed by atoms with E-state index in [-0.39, 0.29) is 5.63 Å². The molecular formula is C15H18N2O2S. The van der Waals surface area contributed by atoms with Crippen molar-refractivity contribution in [3.8, 4) is 0 Å². The van der Waals surface area contributed by atoms with Crippen molar-refractivity contribution in [1.29, 1.82) is 5.41 Å². The summed E-state index contributed by atoms with van der Waals surface area (Å²) >= 11 is 3.81. The van der Waals surface area contributed by atoms with Crippen LogP contribution >= 0.6 is 12.2 Å². The van der Waals surface area contributed by atoms with Crippen LogP contribution in [0.15, 0.2) is 33.5 Å². The molecule has 0 aliphatic heterocycles. The Morgan fingerprint density at radius 2 is 1.90 bits per heavy atom. The van der Waals surface area contributed by atoms with Gasteiger partial charge in [0.05, 0.1) is 5.16 Å². The van der Waals surface area contributed by atoms with Gasteiger partial charge in [0.25, 0.3) is 0 Å². The Hall–Kier alpha value is -1.97. The fourth-order valence-electron chi connectivity index (χ4n) is 2.10. The highest BCUT2D eigenvalue weighted by atomic mass is 32.1. The predicted octanol–water partition coefficient (Wildman–Crippen LogP) is 3.62. The first-order chi connectivity index (χ1) is 9.57. The molecule has 0 saturated heterocycles. The number of isothiocyanates is 1. The zero-order valence-corrected chi connectivity index (χ0v) is 12.7. The van der Waals surface area contributed by atoms with Gasteiger partial charge in [-0.1, -0.05) is 0 Å². The summed E-state index contributed by atoms with van der Waals surface area (Å²) in [5.74, 6) is 0. The van der Waals surface area contributed by atoms with Crippen molar-refractivity contribution < 1.29 is 4.42 Å². The molecule has 1 heterocycles. The summed E-state index contributed by atoms with van der Waals surface area (Å²) in [7, 11) is 0. The van der Waals surface area contributed by atoms with Crippen LogP contribution in [0.25, 0.3) is 11.0 Å². The summed E-state index contributed by atoms with van der Waals surface area (Å²) < 4.78 is 5.24. The number of aryl methyl sites for hydroxylation is 1. The van der Waals surface area contributed by atoms with Gasteiger partial charge in [-0.3, -0.25) is 0 Å². The van der Waals surface area contributed by atoms with E-state index in [4.69, 9.17) is 9.83 Å². The molecule has 0 unspecified atom stereocenters. The normalized spacial score (nSPS) is 9.55. The van der Waals surface area contributed by atoms with Crippen LogP contribution in [0.4, 0.5) is 5.69 Å². The molecule has 0 aliphatic carbocycles. The third kappa shape index (κ3) is 3.76. The molecule has 2 aromatic rings. The van der Waals surface area contributed by atoms with Crippen molar-refractivity contribution >= 4 is 34.0 Å². The fraction of sp³-hybridized carbons (Fsp3) is 0.333. The molecule has 106 valence electrons. The van der Waals surface area contributed by atoms with Crippen molar-refractivity contribution in [2.75, 3.05) is 18.0 Å². The summed E-state index contributed by atoms with van der Waals surface area (Å²) in [6.07, 6.45) is 0. The Kier molecular flexibility index (Phi) is 6.10. The third-order valence-corrected chi connectivity index (χ3v) is 3.06. The van der Waals surface area contributed by atoms with Crippen LogP contribution in [0.5, 0.6) is 0 Å². The van der Waals surface area contributed by atoms with Crippen molar-refractivity contribution in [1.82, 2.24) is 0 Å². The Labute approximate surface area is 123 Å². The van der Waals surface area contributed by atoms with E-state index in [1.807, 2.05) is 19.1 Å². The van der Waals surface area contributed by atoms with Crippen molar-refractivity contribution in [2.45, 2.75) is 20.8 Å². The monoisotopic (exact) mass is 290 g/mol. The van der Waals surface area contributed by atoms with Crippen LogP contribution in [0.2, 0.25) is 0 Å². The molecule has 1 aromatic carbocycles. The minimum atomic E-state index is -0.285. The first kappa shape index (κ1) is 16.1. The largest absolute Gasteiger partial charge is 0.423 e. The Bertz CT molecular complexity index is 669.